The van der Waals surface area contributed by atoms with Crippen molar-refractivity contribution in [1.82, 2.24) is 15.1 Å². The van der Waals surface area contributed by atoms with Crippen molar-refractivity contribution in [2.24, 2.45) is 4.99 Å². The fourth-order valence-corrected chi connectivity index (χ4v) is 3.07. The highest BCUT2D eigenvalue weighted by atomic mass is 16.2. The minimum Gasteiger partial charge on any atom is -0.368 e. The average Bonchev–Trinajstić information content (AvgIpc) is 2.69. The number of carbonyl (C=O) groups is 1. The standard InChI is InChI=1S/C20H33N5O/c1-4-6-12-23(3)20(21-5-2)22-17-19(26)25-15-13-24(14-16-25)18-10-8-7-9-11-18/h7-11H,4-6,12-17H2,1-3H3,(H,21,22). The lowest BCUT2D eigenvalue weighted by atomic mass is 10.2. The molecule has 1 aromatic carbocycles. The van der Waals surface area contributed by atoms with Gasteiger partial charge in [-0.1, -0.05) is 31.5 Å². The smallest absolute Gasteiger partial charge is 0.244 e. The van der Waals surface area contributed by atoms with Gasteiger partial charge in [-0.25, -0.2) is 4.99 Å². The molecule has 1 aromatic rings. The molecule has 1 saturated heterocycles. The van der Waals surface area contributed by atoms with Crippen LogP contribution in [0.15, 0.2) is 35.3 Å². The quantitative estimate of drug-likeness (QED) is 0.598. The third-order valence-electron chi connectivity index (χ3n) is 4.66. The first-order chi connectivity index (χ1) is 12.7. The highest BCUT2D eigenvalue weighted by Crippen LogP contribution is 2.15. The first-order valence-electron chi connectivity index (χ1n) is 9.73. The Morgan fingerprint density at radius 1 is 1.15 bits per heavy atom. The summed E-state index contributed by atoms with van der Waals surface area (Å²) in [6, 6.07) is 10.4. The molecule has 1 fully saturated rings. The van der Waals surface area contributed by atoms with Gasteiger partial charge < -0.3 is 20.0 Å². The normalized spacial score (nSPS) is 15.1. The summed E-state index contributed by atoms with van der Waals surface area (Å²) in [5, 5.41) is 3.28. The predicted octanol–water partition coefficient (Wildman–Crippen LogP) is 2.03. The van der Waals surface area contributed by atoms with Crippen molar-refractivity contribution in [3.63, 3.8) is 0 Å². The van der Waals surface area contributed by atoms with Crippen LogP contribution in [0.2, 0.25) is 0 Å². The average molecular weight is 360 g/mol. The molecule has 6 nitrogen and oxygen atoms in total. The van der Waals surface area contributed by atoms with Crippen LogP contribution in [0.4, 0.5) is 5.69 Å². The Balaban J connectivity index is 1.85. The topological polar surface area (TPSA) is 51.2 Å². The largest absolute Gasteiger partial charge is 0.368 e. The van der Waals surface area contributed by atoms with Crippen LogP contribution in [-0.2, 0) is 4.79 Å². The monoisotopic (exact) mass is 359 g/mol. The fraction of sp³-hybridized carbons (Fsp3) is 0.600. The van der Waals surface area contributed by atoms with Crippen LogP contribution in [0.3, 0.4) is 0 Å². The lowest BCUT2D eigenvalue weighted by Gasteiger charge is -2.36. The molecule has 144 valence electrons. The zero-order valence-corrected chi connectivity index (χ0v) is 16.4. The van der Waals surface area contributed by atoms with Crippen LogP contribution in [0.25, 0.3) is 0 Å². The number of benzene rings is 1. The van der Waals surface area contributed by atoms with E-state index in [0.29, 0.717) is 0 Å². The number of nitrogens with zero attached hydrogens (tertiary/aromatic N) is 4. The molecule has 1 heterocycles. The lowest BCUT2D eigenvalue weighted by Crippen LogP contribution is -2.49. The summed E-state index contributed by atoms with van der Waals surface area (Å²) >= 11 is 0. The second-order valence-corrected chi connectivity index (χ2v) is 6.65. The lowest BCUT2D eigenvalue weighted by molar-refractivity contribution is -0.129. The summed E-state index contributed by atoms with van der Waals surface area (Å²) in [5.74, 6) is 0.925. The SMILES string of the molecule is CCCCN(C)C(=NCC(=O)N1CCN(c2ccccc2)CC1)NCC. The number of nitrogens with one attached hydrogen (secondary N) is 1. The van der Waals surface area contributed by atoms with Gasteiger partial charge in [-0.15, -0.1) is 0 Å². The molecule has 0 unspecified atom stereocenters. The Kier molecular flexibility index (Phi) is 8.25. The molecule has 1 aliphatic rings. The maximum atomic E-state index is 12.5. The number of piperazine rings is 1. The van der Waals surface area contributed by atoms with Crippen LogP contribution in [0.1, 0.15) is 26.7 Å². The van der Waals surface area contributed by atoms with Crippen LogP contribution < -0.4 is 10.2 Å². The number of unbranched alkanes of at least 4 members (excludes halogenated alkanes) is 1. The van der Waals surface area contributed by atoms with Gasteiger partial charge in [0.05, 0.1) is 0 Å². The highest BCUT2D eigenvalue weighted by Gasteiger charge is 2.21. The highest BCUT2D eigenvalue weighted by molar-refractivity contribution is 5.85. The maximum Gasteiger partial charge on any atom is 0.244 e. The van der Waals surface area contributed by atoms with E-state index in [9.17, 15) is 4.79 Å². The van der Waals surface area contributed by atoms with E-state index >= 15 is 0 Å². The number of aliphatic imine (C=N–C) groups is 1. The Morgan fingerprint density at radius 3 is 2.46 bits per heavy atom. The number of amides is 1. The number of carbonyl (C=O) groups excluding carboxylic acids is 1. The molecule has 0 bridgehead atoms. The van der Waals surface area contributed by atoms with E-state index in [1.807, 2.05) is 24.9 Å². The van der Waals surface area contributed by atoms with Crippen LogP contribution >= 0.6 is 0 Å². The van der Waals surface area contributed by atoms with E-state index in [1.54, 1.807) is 0 Å². The maximum absolute atomic E-state index is 12.5. The minimum absolute atomic E-state index is 0.108. The van der Waals surface area contributed by atoms with Gasteiger partial charge in [0.25, 0.3) is 0 Å². The molecular formula is C20H33N5O. The van der Waals surface area contributed by atoms with E-state index in [1.165, 1.54) is 5.69 Å². The number of rotatable bonds is 7. The van der Waals surface area contributed by atoms with Crippen molar-refractivity contribution in [1.29, 1.82) is 0 Å². The Hall–Kier alpha value is -2.24. The molecule has 2 rings (SSSR count). The number of para-hydroxylation sites is 1. The third-order valence-corrected chi connectivity index (χ3v) is 4.66. The summed E-state index contributed by atoms with van der Waals surface area (Å²) in [6.07, 6.45) is 2.27. The Labute approximate surface area is 157 Å². The van der Waals surface area contributed by atoms with Gasteiger partial charge in [0.1, 0.15) is 6.54 Å². The van der Waals surface area contributed by atoms with E-state index in [-0.39, 0.29) is 12.5 Å². The first-order valence-corrected chi connectivity index (χ1v) is 9.73. The molecular weight excluding hydrogens is 326 g/mol. The molecule has 0 aliphatic carbocycles. The molecule has 26 heavy (non-hydrogen) atoms. The zero-order valence-electron chi connectivity index (χ0n) is 16.4. The van der Waals surface area contributed by atoms with Gasteiger partial charge in [-0.3, -0.25) is 4.79 Å². The van der Waals surface area contributed by atoms with Gasteiger partial charge in [0.2, 0.25) is 5.91 Å². The molecule has 0 radical (unpaired) electrons. The summed E-state index contributed by atoms with van der Waals surface area (Å²) in [5.41, 5.74) is 1.23. The van der Waals surface area contributed by atoms with E-state index in [4.69, 9.17) is 0 Å². The van der Waals surface area contributed by atoms with Crippen molar-refractivity contribution >= 4 is 17.6 Å². The fourth-order valence-electron chi connectivity index (χ4n) is 3.07. The van der Waals surface area contributed by atoms with Gasteiger partial charge in [0.15, 0.2) is 5.96 Å². The number of hydrogen-bond acceptors (Lipinski definition) is 3. The van der Waals surface area contributed by atoms with E-state index in [0.717, 1.165) is 58.1 Å². The number of hydrogen-bond donors (Lipinski definition) is 1. The van der Waals surface area contributed by atoms with E-state index < -0.39 is 0 Å². The molecule has 1 aliphatic heterocycles. The van der Waals surface area contributed by atoms with Gasteiger partial charge in [-0.2, -0.15) is 0 Å². The summed E-state index contributed by atoms with van der Waals surface area (Å²) in [7, 11) is 2.03. The molecule has 0 spiro atoms. The van der Waals surface area contributed by atoms with Crippen LogP contribution in [-0.4, -0.2) is 74.5 Å². The number of guanidine groups is 1. The first kappa shape index (κ1) is 20.1. The Morgan fingerprint density at radius 2 is 1.85 bits per heavy atom. The van der Waals surface area contributed by atoms with Gasteiger partial charge in [-0.05, 0) is 25.5 Å². The molecule has 1 amide bonds. The molecule has 0 atom stereocenters. The number of anilines is 1. The molecule has 6 heteroatoms. The predicted molar refractivity (Wildman–Crippen MR) is 109 cm³/mol. The van der Waals surface area contributed by atoms with Crippen molar-refractivity contribution in [2.45, 2.75) is 26.7 Å². The minimum atomic E-state index is 0.108. The van der Waals surface area contributed by atoms with Gasteiger partial charge in [0, 0.05) is 52.0 Å². The zero-order chi connectivity index (χ0) is 18.8. The second kappa shape index (κ2) is 10.7. The molecule has 0 saturated carbocycles. The van der Waals surface area contributed by atoms with Crippen LogP contribution in [0, 0.1) is 0 Å². The summed E-state index contributed by atoms with van der Waals surface area (Å²) in [6.45, 7) is 9.45. The van der Waals surface area contributed by atoms with E-state index in [2.05, 4.69) is 51.3 Å². The summed E-state index contributed by atoms with van der Waals surface area (Å²) < 4.78 is 0. The third kappa shape index (κ3) is 5.93. The van der Waals surface area contributed by atoms with Crippen molar-refractivity contribution < 1.29 is 4.79 Å². The van der Waals surface area contributed by atoms with Gasteiger partial charge >= 0.3 is 0 Å². The van der Waals surface area contributed by atoms with Crippen molar-refractivity contribution in [3.05, 3.63) is 30.3 Å². The summed E-state index contributed by atoms with van der Waals surface area (Å²) in [4.78, 5) is 23.4. The molecule has 0 aromatic heterocycles. The molecule has 1 N–H and O–H groups in total. The van der Waals surface area contributed by atoms with Crippen LogP contribution in [0.5, 0.6) is 0 Å². The van der Waals surface area contributed by atoms with Crippen molar-refractivity contribution in [3.8, 4) is 0 Å². The second-order valence-electron chi connectivity index (χ2n) is 6.65. The Bertz CT molecular complexity index is 567. The van der Waals surface area contributed by atoms with Crippen molar-refractivity contribution in [2.75, 3.05) is 57.8 Å².